The first-order chi connectivity index (χ1) is 5.61. The number of hydrogen-bond donors (Lipinski definition) is 2. The molecular weight excluding hydrogens is 162 g/mol. The molecule has 0 atom stereocenters. The Hall–Kier alpha value is -1.32. The van der Waals surface area contributed by atoms with E-state index in [9.17, 15) is 8.78 Å². The standard InChI is InChI=1S/C8H10F2N2/c1-5-3-2-4-6(7(5)11)12-8(9)10/h2-4,8,12H,11H2,1H3. The van der Waals surface area contributed by atoms with Crippen molar-refractivity contribution in [3.05, 3.63) is 23.8 Å². The fourth-order valence-electron chi connectivity index (χ4n) is 0.924. The van der Waals surface area contributed by atoms with E-state index >= 15 is 0 Å². The third kappa shape index (κ3) is 1.84. The molecule has 0 fully saturated rings. The van der Waals surface area contributed by atoms with Crippen LogP contribution in [-0.4, -0.2) is 6.55 Å². The first-order valence-electron chi connectivity index (χ1n) is 3.51. The summed E-state index contributed by atoms with van der Waals surface area (Å²) in [7, 11) is 0. The number of nitrogens with two attached hydrogens (primary N) is 1. The molecule has 0 radical (unpaired) electrons. The predicted molar refractivity (Wildman–Crippen MR) is 45.2 cm³/mol. The summed E-state index contributed by atoms with van der Waals surface area (Å²) in [4.78, 5) is 0. The van der Waals surface area contributed by atoms with Gasteiger partial charge in [0, 0.05) is 0 Å². The molecule has 1 aromatic carbocycles. The van der Waals surface area contributed by atoms with Crippen LogP contribution in [0.25, 0.3) is 0 Å². The van der Waals surface area contributed by atoms with Crippen LogP contribution >= 0.6 is 0 Å². The second-order valence-corrected chi connectivity index (χ2v) is 2.48. The van der Waals surface area contributed by atoms with Crippen LogP contribution in [0.4, 0.5) is 20.2 Å². The number of alkyl halides is 2. The summed E-state index contributed by atoms with van der Waals surface area (Å²) >= 11 is 0. The lowest BCUT2D eigenvalue weighted by atomic mass is 10.2. The van der Waals surface area contributed by atoms with Crippen molar-refractivity contribution in [3.8, 4) is 0 Å². The van der Waals surface area contributed by atoms with E-state index in [1.807, 2.05) is 5.32 Å². The zero-order valence-corrected chi connectivity index (χ0v) is 6.64. The summed E-state index contributed by atoms with van der Waals surface area (Å²) in [6.45, 7) is -0.805. The smallest absolute Gasteiger partial charge is 0.313 e. The number of nitrogen functional groups attached to an aromatic ring is 1. The van der Waals surface area contributed by atoms with Crippen LogP contribution < -0.4 is 11.1 Å². The summed E-state index contributed by atoms with van der Waals surface area (Å²) in [5.41, 5.74) is 6.98. The van der Waals surface area contributed by atoms with Crippen LogP contribution in [0.1, 0.15) is 5.56 Å². The van der Waals surface area contributed by atoms with Gasteiger partial charge in [-0.05, 0) is 18.6 Å². The van der Waals surface area contributed by atoms with Crippen LogP contribution in [0.2, 0.25) is 0 Å². The Kier molecular flexibility index (Phi) is 2.47. The van der Waals surface area contributed by atoms with Crippen molar-refractivity contribution in [1.82, 2.24) is 0 Å². The van der Waals surface area contributed by atoms with Crippen LogP contribution in [0, 0.1) is 6.92 Å². The third-order valence-electron chi connectivity index (χ3n) is 1.59. The minimum Gasteiger partial charge on any atom is -0.397 e. The minimum atomic E-state index is -2.57. The van der Waals surface area contributed by atoms with Gasteiger partial charge >= 0.3 is 6.55 Å². The molecule has 0 amide bonds. The molecule has 66 valence electrons. The topological polar surface area (TPSA) is 38.0 Å². The van der Waals surface area contributed by atoms with Gasteiger partial charge in [0.2, 0.25) is 0 Å². The average molecular weight is 172 g/mol. The highest BCUT2D eigenvalue weighted by atomic mass is 19.3. The average Bonchev–Trinajstić information content (AvgIpc) is 1.98. The number of halogens is 2. The van der Waals surface area contributed by atoms with E-state index in [-0.39, 0.29) is 5.69 Å². The number of hydrogen-bond acceptors (Lipinski definition) is 2. The van der Waals surface area contributed by atoms with E-state index in [1.165, 1.54) is 6.07 Å². The Balaban J connectivity index is 2.92. The van der Waals surface area contributed by atoms with E-state index in [1.54, 1.807) is 19.1 Å². The van der Waals surface area contributed by atoms with Gasteiger partial charge in [0.15, 0.2) is 0 Å². The Bertz CT molecular complexity index is 274. The molecule has 3 N–H and O–H groups in total. The van der Waals surface area contributed by atoms with E-state index in [0.29, 0.717) is 5.69 Å². The largest absolute Gasteiger partial charge is 0.397 e. The van der Waals surface area contributed by atoms with Crippen molar-refractivity contribution in [2.45, 2.75) is 13.5 Å². The van der Waals surface area contributed by atoms with Crippen molar-refractivity contribution in [3.63, 3.8) is 0 Å². The van der Waals surface area contributed by atoms with Crippen molar-refractivity contribution in [2.75, 3.05) is 11.1 Å². The van der Waals surface area contributed by atoms with Crippen LogP contribution in [0.5, 0.6) is 0 Å². The molecule has 1 aromatic rings. The zero-order chi connectivity index (χ0) is 9.14. The Morgan fingerprint density at radius 3 is 2.67 bits per heavy atom. The maximum Gasteiger partial charge on any atom is 0.313 e. The molecule has 0 heterocycles. The first kappa shape index (κ1) is 8.77. The van der Waals surface area contributed by atoms with Crippen molar-refractivity contribution in [2.24, 2.45) is 0 Å². The number of benzene rings is 1. The molecule has 1 rings (SSSR count). The maximum absolute atomic E-state index is 11.9. The van der Waals surface area contributed by atoms with E-state index < -0.39 is 6.55 Å². The van der Waals surface area contributed by atoms with Gasteiger partial charge in [-0.25, -0.2) is 0 Å². The molecule has 0 aliphatic carbocycles. The van der Waals surface area contributed by atoms with E-state index in [4.69, 9.17) is 5.73 Å². The molecule has 0 unspecified atom stereocenters. The lowest BCUT2D eigenvalue weighted by molar-refractivity contribution is 0.181. The second kappa shape index (κ2) is 3.38. The van der Waals surface area contributed by atoms with Crippen molar-refractivity contribution in [1.29, 1.82) is 0 Å². The Labute approximate surface area is 69.4 Å². The molecule has 2 nitrogen and oxygen atoms in total. The first-order valence-corrected chi connectivity index (χ1v) is 3.51. The van der Waals surface area contributed by atoms with E-state index in [0.717, 1.165) is 5.56 Å². The molecule has 0 aromatic heterocycles. The summed E-state index contributed by atoms with van der Waals surface area (Å²) in [5.74, 6) is 0. The quantitative estimate of drug-likeness (QED) is 0.530. The lowest BCUT2D eigenvalue weighted by Gasteiger charge is -2.09. The highest BCUT2D eigenvalue weighted by Gasteiger charge is 2.05. The van der Waals surface area contributed by atoms with Gasteiger partial charge in [0.1, 0.15) is 0 Å². The fourth-order valence-corrected chi connectivity index (χ4v) is 0.924. The van der Waals surface area contributed by atoms with Crippen molar-refractivity contribution >= 4 is 11.4 Å². The molecule has 0 aliphatic rings. The lowest BCUT2D eigenvalue weighted by Crippen LogP contribution is -2.08. The van der Waals surface area contributed by atoms with Gasteiger partial charge in [-0.1, -0.05) is 12.1 Å². The highest BCUT2D eigenvalue weighted by Crippen LogP contribution is 2.22. The highest BCUT2D eigenvalue weighted by molar-refractivity contribution is 5.69. The molecule has 12 heavy (non-hydrogen) atoms. The van der Waals surface area contributed by atoms with E-state index in [2.05, 4.69) is 0 Å². The normalized spacial score (nSPS) is 10.3. The van der Waals surface area contributed by atoms with Crippen LogP contribution in [-0.2, 0) is 0 Å². The second-order valence-electron chi connectivity index (χ2n) is 2.48. The number of aryl methyl sites for hydroxylation is 1. The molecule has 0 saturated carbocycles. The van der Waals surface area contributed by atoms with Gasteiger partial charge in [-0.2, -0.15) is 8.78 Å². The summed E-state index contributed by atoms with van der Waals surface area (Å²) in [6, 6.07) is 4.97. The minimum absolute atomic E-state index is 0.282. The Morgan fingerprint density at radius 1 is 1.42 bits per heavy atom. The van der Waals surface area contributed by atoms with Crippen LogP contribution in [0.3, 0.4) is 0 Å². The third-order valence-corrected chi connectivity index (χ3v) is 1.59. The zero-order valence-electron chi connectivity index (χ0n) is 6.64. The monoisotopic (exact) mass is 172 g/mol. The number of para-hydroxylation sites is 1. The molecule has 0 saturated heterocycles. The number of anilines is 2. The van der Waals surface area contributed by atoms with Gasteiger partial charge in [-0.15, -0.1) is 0 Å². The van der Waals surface area contributed by atoms with Gasteiger partial charge in [0.05, 0.1) is 11.4 Å². The molecule has 0 bridgehead atoms. The molecule has 0 spiro atoms. The Morgan fingerprint density at radius 2 is 2.08 bits per heavy atom. The fraction of sp³-hybridized carbons (Fsp3) is 0.250. The summed E-state index contributed by atoms with van der Waals surface area (Å²) < 4.78 is 23.7. The predicted octanol–water partition coefficient (Wildman–Crippen LogP) is 2.21. The maximum atomic E-state index is 11.9. The van der Waals surface area contributed by atoms with Gasteiger partial charge in [0.25, 0.3) is 0 Å². The van der Waals surface area contributed by atoms with Gasteiger partial charge < -0.3 is 11.1 Å². The number of nitrogens with one attached hydrogen (secondary N) is 1. The van der Waals surface area contributed by atoms with Crippen LogP contribution in [0.15, 0.2) is 18.2 Å². The molecular formula is C8H10F2N2. The molecule has 4 heteroatoms. The number of rotatable bonds is 2. The summed E-state index contributed by atoms with van der Waals surface area (Å²) in [5, 5.41) is 1.96. The molecule has 0 aliphatic heterocycles. The SMILES string of the molecule is Cc1cccc(NC(F)F)c1N. The van der Waals surface area contributed by atoms with Crippen molar-refractivity contribution < 1.29 is 8.78 Å². The summed E-state index contributed by atoms with van der Waals surface area (Å²) in [6.07, 6.45) is 0. The van der Waals surface area contributed by atoms with Gasteiger partial charge in [-0.3, -0.25) is 0 Å².